The number of benzene rings is 1. The molecular formula is C22H27N5O3S. The first-order valence-electron chi connectivity index (χ1n) is 10.0. The third-order valence-electron chi connectivity index (χ3n) is 4.77. The monoisotopic (exact) mass is 441 g/mol. The van der Waals surface area contributed by atoms with Crippen LogP contribution in [0.2, 0.25) is 0 Å². The Hall–Kier alpha value is -3.07. The Kier molecular flexibility index (Phi) is 7.51. The van der Waals surface area contributed by atoms with Gasteiger partial charge in [-0.3, -0.25) is 9.59 Å². The van der Waals surface area contributed by atoms with Crippen molar-refractivity contribution in [1.29, 1.82) is 0 Å². The SMILES string of the molecule is COc1ccccc1C(=O)NC(CCSC)C(=O)Nc1cnc2c(cnn2C(C)C)c1. The Bertz CT molecular complexity index is 1070. The van der Waals surface area contributed by atoms with E-state index in [2.05, 4.69) is 20.7 Å². The van der Waals surface area contributed by atoms with Crippen molar-refractivity contribution in [2.24, 2.45) is 0 Å². The predicted octanol–water partition coefficient (Wildman–Crippen LogP) is 3.51. The normalized spacial score (nSPS) is 12.0. The minimum Gasteiger partial charge on any atom is -0.496 e. The highest BCUT2D eigenvalue weighted by Gasteiger charge is 2.23. The van der Waals surface area contributed by atoms with E-state index in [0.717, 1.165) is 16.8 Å². The lowest BCUT2D eigenvalue weighted by atomic mass is 10.1. The second-order valence-corrected chi connectivity index (χ2v) is 8.30. The number of nitrogens with one attached hydrogen (secondary N) is 2. The number of hydrogen-bond donors (Lipinski definition) is 2. The maximum Gasteiger partial charge on any atom is 0.255 e. The smallest absolute Gasteiger partial charge is 0.255 e. The summed E-state index contributed by atoms with van der Waals surface area (Å²) in [4.78, 5) is 30.2. The van der Waals surface area contributed by atoms with Gasteiger partial charge in [0, 0.05) is 11.4 Å². The van der Waals surface area contributed by atoms with E-state index < -0.39 is 6.04 Å². The topological polar surface area (TPSA) is 98.1 Å². The van der Waals surface area contributed by atoms with Gasteiger partial charge in [0.25, 0.3) is 5.91 Å². The summed E-state index contributed by atoms with van der Waals surface area (Å²) in [7, 11) is 1.51. The summed E-state index contributed by atoms with van der Waals surface area (Å²) in [6.07, 6.45) is 5.79. The Morgan fingerprint density at radius 2 is 2.00 bits per heavy atom. The lowest BCUT2D eigenvalue weighted by molar-refractivity contribution is -0.118. The van der Waals surface area contributed by atoms with E-state index in [1.54, 1.807) is 48.4 Å². The second kappa shape index (κ2) is 10.3. The second-order valence-electron chi connectivity index (χ2n) is 7.32. The summed E-state index contributed by atoms with van der Waals surface area (Å²) in [5.41, 5.74) is 1.70. The molecule has 0 radical (unpaired) electrons. The van der Waals surface area contributed by atoms with Crippen LogP contribution < -0.4 is 15.4 Å². The number of aromatic nitrogens is 3. The highest BCUT2D eigenvalue weighted by Crippen LogP contribution is 2.20. The van der Waals surface area contributed by atoms with Crippen molar-refractivity contribution in [1.82, 2.24) is 20.1 Å². The van der Waals surface area contributed by atoms with Crippen molar-refractivity contribution in [2.75, 3.05) is 24.4 Å². The highest BCUT2D eigenvalue weighted by molar-refractivity contribution is 7.98. The van der Waals surface area contributed by atoms with Gasteiger partial charge in [-0.05, 0) is 50.5 Å². The molecule has 1 unspecified atom stereocenters. The number of carbonyl (C=O) groups excluding carboxylic acids is 2. The van der Waals surface area contributed by atoms with Crippen molar-refractivity contribution in [2.45, 2.75) is 32.4 Å². The number of thioether (sulfide) groups is 1. The first kappa shape index (κ1) is 22.6. The maximum atomic E-state index is 13.0. The molecule has 0 bridgehead atoms. The number of rotatable bonds is 9. The summed E-state index contributed by atoms with van der Waals surface area (Å²) in [5, 5.41) is 10.9. The number of hydrogen-bond acceptors (Lipinski definition) is 6. The molecule has 2 amide bonds. The van der Waals surface area contributed by atoms with Gasteiger partial charge >= 0.3 is 0 Å². The first-order chi connectivity index (χ1) is 14.9. The summed E-state index contributed by atoms with van der Waals surface area (Å²) >= 11 is 1.61. The molecule has 0 fully saturated rings. The molecule has 3 rings (SSSR count). The van der Waals surface area contributed by atoms with Crippen LogP contribution in [-0.2, 0) is 4.79 Å². The predicted molar refractivity (Wildman–Crippen MR) is 124 cm³/mol. The minimum atomic E-state index is -0.695. The van der Waals surface area contributed by atoms with Crippen LogP contribution in [0, 0.1) is 0 Å². The molecular weight excluding hydrogens is 414 g/mol. The molecule has 0 saturated carbocycles. The number of carbonyl (C=O) groups is 2. The summed E-state index contributed by atoms with van der Waals surface area (Å²) in [5.74, 6) is 0.531. The Labute approximate surface area is 185 Å². The van der Waals surface area contributed by atoms with Crippen molar-refractivity contribution in [3.05, 3.63) is 48.3 Å². The maximum absolute atomic E-state index is 13.0. The van der Waals surface area contributed by atoms with Gasteiger partial charge in [0.05, 0.1) is 30.8 Å². The third-order valence-corrected chi connectivity index (χ3v) is 5.42. The minimum absolute atomic E-state index is 0.187. The largest absolute Gasteiger partial charge is 0.496 e. The molecule has 0 aliphatic rings. The van der Waals surface area contributed by atoms with E-state index in [0.29, 0.717) is 23.4 Å². The van der Waals surface area contributed by atoms with Gasteiger partial charge in [0.2, 0.25) is 5.91 Å². The molecule has 1 aromatic carbocycles. The van der Waals surface area contributed by atoms with Crippen LogP contribution in [0.3, 0.4) is 0 Å². The average molecular weight is 442 g/mol. The Morgan fingerprint density at radius 3 is 2.71 bits per heavy atom. The molecule has 2 aromatic heterocycles. The lowest BCUT2D eigenvalue weighted by Gasteiger charge is -2.19. The lowest BCUT2D eigenvalue weighted by Crippen LogP contribution is -2.44. The number of amides is 2. The molecule has 0 aliphatic heterocycles. The standard InChI is InChI=1S/C22H27N5O3S/c1-14(2)27-20-15(12-24-27)11-16(13-23-20)25-22(29)18(9-10-31-4)26-21(28)17-7-5-6-8-19(17)30-3/h5-8,11-14,18H,9-10H2,1-4H3,(H,25,29)(H,26,28). The Morgan fingerprint density at radius 1 is 1.23 bits per heavy atom. The number of fused-ring (bicyclic) bond motifs is 1. The molecule has 0 spiro atoms. The van der Waals surface area contributed by atoms with Gasteiger partial charge in [-0.25, -0.2) is 9.67 Å². The van der Waals surface area contributed by atoms with Gasteiger partial charge < -0.3 is 15.4 Å². The van der Waals surface area contributed by atoms with Crippen LogP contribution >= 0.6 is 11.8 Å². The van der Waals surface area contributed by atoms with E-state index >= 15 is 0 Å². The van der Waals surface area contributed by atoms with Crippen LogP contribution in [0.15, 0.2) is 42.7 Å². The number of ether oxygens (including phenoxy) is 1. The zero-order valence-corrected chi connectivity index (χ0v) is 18.9. The molecule has 1 atom stereocenters. The van der Waals surface area contributed by atoms with Crippen LogP contribution in [0.1, 0.15) is 36.7 Å². The molecule has 9 heteroatoms. The van der Waals surface area contributed by atoms with Crippen molar-refractivity contribution < 1.29 is 14.3 Å². The number of methoxy groups -OCH3 is 1. The fourth-order valence-electron chi connectivity index (χ4n) is 3.19. The number of pyridine rings is 1. The fourth-order valence-corrected chi connectivity index (χ4v) is 3.66. The molecule has 8 nitrogen and oxygen atoms in total. The van der Waals surface area contributed by atoms with E-state index in [9.17, 15) is 9.59 Å². The summed E-state index contributed by atoms with van der Waals surface area (Å²) in [6.45, 7) is 4.06. The molecule has 31 heavy (non-hydrogen) atoms. The van der Waals surface area contributed by atoms with E-state index in [-0.39, 0.29) is 17.9 Å². The molecule has 3 aromatic rings. The summed E-state index contributed by atoms with van der Waals surface area (Å²) in [6, 6.07) is 8.25. The number of para-hydroxylation sites is 1. The van der Waals surface area contributed by atoms with Crippen LogP contribution in [0.5, 0.6) is 5.75 Å². The van der Waals surface area contributed by atoms with E-state index in [1.807, 2.05) is 30.9 Å². The third kappa shape index (κ3) is 5.35. The van der Waals surface area contributed by atoms with Gasteiger partial charge in [-0.1, -0.05) is 12.1 Å². The fraction of sp³-hybridized carbons (Fsp3) is 0.364. The van der Waals surface area contributed by atoms with Crippen molar-refractivity contribution >= 4 is 40.3 Å². The highest BCUT2D eigenvalue weighted by atomic mass is 32.2. The van der Waals surface area contributed by atoms with Gasteiger partial charge in [-0.15, -0.1) is 0 Å². The molecule has 0 saturated heterocycles. The van der Waals surface area contributed by atoms with E-state index in [1.165, 1.54) is 7.11 Å². The quantitative estimate of drug-likeness (QED) is 0.527. The Balaban J connectivity index is 1.76. The van der Waals surface area contributed by atoms with Crippen LogP contribution in [0.25, 0.3) is 11.0 Å². The van der Waals surface area contributed by atoms with Gasteiger partial charge in [0.15, 0.2) is 5.65 Å². The molecule has 2 N–H and O–H groups in total. The first-order valence-corrected chi connectivity index (χ1v) is 11.4. The number of nitrogens with zero attached hydrogens (tertiary/aromatic N) is 3. The van der Waals surface area contributed by atoms with E-state index in [4.69, 9.17) is 4.74 Å². The van der Waals surface area contributed by atoms with Gasteiger partial charge in [-0.2, -0.15) is 16.9 Å². The zero-order chi connectivity index (χ0) is 22.4. The zero-order valence-electron chi connectivity index (χ0n) is 18.1. The molecule has 164 valence electrons. The molecule has 2 heterocycles. The molecule has 0 aliphatic carbocycles. The van der Waals surface area contributed by atoms with Crippen LogP contribution in [-0.4, -0.2) is 51.7 Å². The van der Waals surface area contributed by atoms with Gasteiger partial charge in [0.1, 0.15) is 11.8 Å². The van der Waals surface area contributed by atoms with Crippen LogP contribution in [0.4, 0.5) is 5.69 Å². The summed E-state index contributed by atoms with van der Waals surface area (Å²) < 4.78 is 7.09. The van der Waals surface area contributed by atoms with Crippen molar-refractivity contribution in [3.63, 3.8) is 0 Å². The van der Waals surface area contributed by atoms with Crippen molar-refractivity contribution in [3.8, 4) is 5.75 Å². The average Bonchev–Trinajstić information content (AvgIpc) is 3.19. The number of anilines is 1.